The highest BCUT2D eigenvalue weighted by molar-refractivity contribution is 5.96. The largest absolute Gasteiger partial charge is 0.343 e. The number of nitrogens with one attached hydrogen (secondary N) is 2. The average molecular weight is 168 g/mol. The van der Waals surface area contributed by atoms with Crippen molar-refractivity contribution in [3.63, 3.8) is 0 Å². The van der Waals surface area contributed by atoms with Crippen molar-refractivity contribution >= 4 is 11.8 Å². The molecule has 0 saturated carbocycles. The number of rotatable bonds is 0. The molecule has 4 nitrogen and oxygen atoms in total. The van der Waals surface area contributed by atoms with E-state index in [4.69, 9.17) is 0 Å². The van der Waals surface area contributed by atoms with Gasteiger partial charge in [-0.25, -0.2) is 0 Å². The second-order valence-electron chi connectivity index (χ2n) is 3.41. The van der Waals surface area contributed by atoms with Crippen LogP contribution in [0.4, 0.5) is 0 Å². The maximum atomic E-state index is 11.2. The van der Waals surface area contributed by atoms with Crippen LogP contribution in [0, 0.1) is 0 Å². The van der Waals surface area contributed by atoms with Crippen LogP contribution in [0.25, 0.3) is 0 Å². The van der Waals surface area contributed by atoms with Gasteiger partial charge in [0.2, 0.25) is 11.8 Å². The number of amides is 2. The highest BCUT2D eigenvalue weighted by atomic mass is 16.2. The minimum atomic E-state index is -0.269. The molecule has 3 saturated heterocycles. The van der Waals surface area contributed by atoms with E-state index in [1.807, 2.05) is 0 Å². The smallest absolute Gasteiger partial charge is 0.243 e. The van der Waals surface area contributed by atoms with Gasteiger partial charge in [-0.1, -0.05) is 12.8 Å². The number of hydrogen-bond acceptors (Lipinski definition) is 2. The Labute approximate surface area is 70.7 Å². The van der Waals surface area contributed by atoms with Crippen LogP contribution in [0.3, 0.4) is 0 Å². The van der Waals surface area contributed by atoms with Gasteiger partial charge in [0.15, 0.2) is 0 Å². The SMILES string of the molecule is O=C1N[C@@H]2CCCC[C@H]1NC2=O. The molecule has 4 heteroatoms. The molecule has 3 rings (SSSR count). The van der Waals surface area contributed by atoms with Crippen LogP contribution in [-0.2, 0) is 9.59 Å². The Morgan fingerprint density at radius 2 is 1.33 bits per heavy atom. The summed E-state index contributed by atoms with van der Waals surface area (Å²) < 4.78 is 0. The first-order valence-electron chi connectivity index (χ1n) is 4.38. The van der Waals surface area contributed by atoms with Crippen molar-refractivity contribution in [3.05, 3.63) is 0 Å². The van der Waals surface area contributed by atoms with Crippen molar-refractivity contribution in [1.29, 1.82) is 0 Å². The molecular weight excluding hydrogens is 156 g/mol. The molecule has 3 aliphatic rings. The van der Waals surface area contributed by atoms with Crippen molar-refractivity contribution < 1.29 is 9.59 Å². The van der Waals surface area contributed by atoms with Crippen molar-refractivity contribution in [2.24, 2.45) is 0 Å². The third-order valence-corrected chi connectivity index (χ3v) is 2.50. The molecule has 2 N–H and O–H groups in total. The number of carbonyl (C=O) groups excluding carboxylic acids is 2. The van der Waals surface area contributed by atoms with Crippen molar-refractivity contribution in [2.75, 3.05) is 0 Å². The molecule has 0 aromatic carbocycles. The first-order valence-corrected chi connectivity index (χ1v) is 4.38. The fourth-order valence-electron chi connectivity index (χ4n) is 1.78. The fourth-order valence-corrected chi connectivity index (χ4v) is 1.78. The molecule has 0 aliphatic carbocycles. The minimum absolute atomic E-state index is 0.0145. The molecule has 2 atom stereocenters. The Morgan fingerprint density at radius 1 is 0.917 bits per heavy atom. The van der Waals surface area contributed by atoms with Gasteiger partial charge in [-0.15, -0.1) is 0 Å². The molecule has 0 spiro atoms. The van der Waals surface area contributed by atoms with Crippen LogP contribution in [-0.4, -0.2) is 23.9 Å². The van der Waals surface area contributed by atoms with Crippen molar-refractivity contribution in [2.45, 2.75) is 37.8 Å². The van der Waals surface area contributed by atoms with E-state index in [2.05, 4.69) is 10.6 Å². The fraction of sp³-hybridized carbons (Fsp3) is 0.750. The summed E-state index contributed by atoms with van der Waals surface area (Å²) in [6.45, 7) is 0. The van der Waals surface area contributed by atoms with Gasteiger partial charge in [0.25, 0.3) is 0 Å². The third-order valence-electron chi connectivity index (χ3n) is 2.50. The summed E-state index contributed by atoms with van der Waals surface area (Å²) in [7, 11) is 0. The topological polar surface area (TPSA) is 58.2 Å². The number of hydrogen-bond donors (Lipinski definition) is 2. The molecule has 3 heterocycles. The van der Waals surface area contributed by atoms with Crippen LogP contribution in [0.5, 0.6) is 0 Å². The first-order chi connectivity index (χ1) is 5.77. The van der Waals surface area contributed by atoms with Crippen LogP contribution in [0.1, 0.15) is 25.7 Å². The van der Waals surface area contributed by atoms with Crippen molar-refractivity contribution in [1.82, 2.24) is 10.6 Å². The molecular formula is C8H12N2O2. The van der Waals surface area contributed by atoms with E-state index in [0.29, 0.717) is 0 Å². The molecule has 0 aromatic rings. The summed E-state index contributed by atoms with van der Waals surface area (Å²) in [6.07, 6.45) is 3.64. The van der Waals surface area contributed by atoms with Crippen LogP contribution in [0.2, 0.25) is 0 Å². The van der Waals surface area contributed by atoms with Gasteiger partial charge in [-0.05, 0) is 12.8 Å². The summed E-state index contributed by atoms with van der Waals surface area (Å²) in [4.78, 5) is 22.5. The normalized spacial score (nSPS) is 35.0. The lowest BCUT2D eigenvalue weighted by molar-refractivity contribution is -0.137. The maximum absolute atomic E-state index is 11.2. The van der Waals surface area contributed by atoms with E-state index >= 15 is 0 Å². The lowest BCUT2D eigenvalue weighted by Gasteiger charge is -2.32. The quantitative estimate of drug-likeness (QED) is 0.514. The predicted octanol–water partition coefficient (Wildman–Crippen LogP) is -0.456. The predicted molar refractivity (Wildman–Crippen MR) is 42.3 cm³/mol. The minimum Gasteiger partial charge on any atom is -0.343 e. The van der Waals surface area contributed by atoms with E-state index in [1.165, 1.54) is 0 Å². The summed E-state index contributed by atoms with van der Waals surface area (Å²) in [5, 5.41) is 5.43. The third kappa shape index (κ3) is 1.17. The van der Waals surface area contributed by atoms with Gasteiger partial charge >= 0.3 is 0 Å². The Morgan fingerprint density at radius 3 is 1.75 bits per heavy atom. The standard InChI is InChI=1S/C8H12N2O2/c11-7-5-3-1-2-4-6(10-7)8(12)9-5/h5-6H,1-4H2,(H,9,12)(H,10,11)/t5-,6-/m1/s1. The highest BCUT2D eigenvalue weighted by Crippen LogP contribution is 2.15. The van der Waals surface area contributed by atoms with E-state index in [9.17, 15) is 9.59 Å². The summed E-state index contributed by atoms with van der Waals surface area (Å²) in [5.74, 6) is -0.0291. The zero-order chi connectivity index (χ0) is 8.55. The van der Waals surface area contributed by atoms with Gasteiger partial charge in [0.05, 0.1) is 0 Å². The molecule has 3 fully saturated rings. The summed E-state index contributed by atoms with van der Waals surface area (Å²) in [5.41, 5.74) is 0. The van der Waals surface area contributed by atoms with E-state index in [-0.39, 0.29) is 23.9 Å². The Bertz CT molecular complexity index is 203. The zero-order valence-electron chi connectivity index (χ0n) is 6.80. The second-order valence-corrected chi connectivity index (χ2v) is 3.41. The Balaban J connectivity index is 2.17. The van der Waals surface area contributed by atoms with Gasteiger partial charge in [-0.2, -0.15) is 0 Å². The molecule has 0 aromatic heterocycles. The Hall–Kier alpha value is -1.06. The number of piperazine rings is 1. The van der Waals surface area contributed by atoms with Gasteiger partial charge < -0.3 is 10.6 Å². The van der Waals surface area contributed by atoms with Crippen LogP contribution in [0.15, 0.2) is 0 Å². The lowest BCUT2D eigenvalue weighted by atomic mass is 9.96. The zero-order valence-corrected chi connectivity index (χ0v) is 6.80. The monoisotopic (exact) mass is 168 g/mol. The molecule has 12 heavy (non-hydrogen) atoms. The van der Waals surface area contributed by atoms with Gasteiger partial charge in [0, 0.05) is 0 Å². The molecule has 3 aliphatic heterocycles. The molecule has 66 valence electrons. The molecule has 0 radical (unpaired) electrons. The maximum Gasteiger partial charge on any atom is 0.243 e. The van der Waals surface area contributed by atoms with Crippen LogP contribution >= 0.6 is 0 Å². The molecule has 0 unspecified atom stereocenters. The van der Waals surface area contributed by atoms with Crippen molar-refractivity contribution in [3.8, 4) is 0 Å². The first kappa shape index (κ1) is 7.58. The second kappa shape index (κ2) is 2.77. The summed E-state index contributed by atoms with van der Waals surface area (Å²) >= 11 is 0. The number of fused-ring (bicyclic) bond motifs is 5. The number of carbonyl (C=O) groups is 2. The van der Waals surface area contributed by atoms with E-state index < -0.39 is 0 Å². The van der Waals surface area contributed by atoms with E-state index in [1.54, 1.807) is 0 Å². The van der Waals surface area contributed by atoms with E-state index in [0.717, 1.165) is 25.7 Å². The molecule has 2 bridgehead atoms. The Kier molecular flexibility index (Phi) is 1.75. The molecule has 2 amide bonds. The average Bonchev–Trinajstić information content (AvgIpc) is 2.00. The lowest BCUT2D eigenvalue weighted by Crippen LogP contribution is -2.62. The van der Waals surface area contributed by atoms with Gasteiger partial charge in [-0.3, -0.25) is 9.59 Å². The highest BCUT2D eigenvalue weighted by Gasteiger charge is 2.34. The van der Waals surface area contributed by atoms with Gasteiger partial charge in [0.1, 0.15) is 12.1 Å². The van der Waals surface area contributed by atoms with Crippen LogP contribution < -0.4 is 10.6 Å². The summed E-state index contributed by atoms with van der Waals surface area (Å²) in [6, 6.07) is -0.539.